The maximum absolute atomic E-state index is 11.2. The average Bonchev–Trinajstić information content (AvgIpc) is 2.80. The quantitative estimate of drug-likeness (QED) is 0.210. The minimum absolute atomic E-state index is 0.0495. The molecule has 0 aliphatic rings. The second-order valence-corrected chi connectivity index (χ2v) is 6.47. The molecule has 1 aromatic heterocycles. The highest BCUT2D eigenvalue weighted by Crippen LogP contribution is 2.19. The normalized spacial score (nSPS) is 10.6. The third-order valence-corrected chi connectivity index (χ3v) is 4.20. The number of nitro groups is 1. The van der Waals surface area contributed by atoms with Crippen molar-refractivity contribution in [2.45, 2.75) is 0 Å². The highest BCUT2D eigenvalue weighted by molar-refractivity contribution is 5.85. The Morgan fingerprint density at radius 2 is 1.22 bits per heavy atom. The third kappa shape index (κ3) is 5.39. The Morgan fingerprint density at radius 1 is 0.719 bits per heavy atom. The zero-order chi connectivity index (χ0) is 22.2. The summed E-state index contributed by atoms with van der Waals surface area (Å²) in [5.41, 5.74) is 4.63. The van der Waals surface area contributed by atoms with E-state index < -0.39 is 4.92 Å². The lowest BCUT2D eigenvalue weighted by Gasteiger charge is -2.10. The van der Waals surface area contributed by atoms with Crippen LogP contribution < -0.4 is 16.1 Å². The Kier molecular flexibility index (Phi) is 6.23. The van der Waals surface area contributed by atoms with Gasteiger partial charge in [-0.2, -0.15) is 20.1 Å². The van der Waals surface area contributed by atoms with Gasteiger partial charge in [0.15, 0.2) is 0 Å². The summed E-state index contributed by atoms with van der Waals surface area (Å²) in [7, 11) is 0. The standard InChI is InChI=1S/C22H18N8O2/c31-30(32)19-14-8-7-9-16(19)15-23-29-22-27-20(24-17-10-3-1-4-11-17)26-21(28-22)25-18-12-5-2-6-13-18/h1-15H,(H3,24,25,26,27,28,29). The van der Waals surface area contributed by atoms with Crippen LogP contribution in [0, 0.1) is 10.1 Å². The first-order chi connectivity index (χ1) is 15.7. The fraction of sp³-hybridized carbons (Fsp3) is 0. The molecule has 0 fully saturated rings. The molecular formula is C22H18N8O2. The Balaban J connectivity index is 1.59. The summed E-state index contributed by atoms with van der Waals surface area (Å²) in [5.74, 6) is 0.757. The monoisotopic (exact) mass is 426 g/mol. The van der Waals surface area contributed by atoms with Crippen LogP contribution in [0.4, 0.5) is 34.9 Å². The molecule has 32 heavy (non-hydrogen) atoms. The van der Waals surface area contributed by atoms with Gasteiger partial charge in [0.1, 0.15) is 0 Å². The van der Waals surface area contributed by atoms with E-state index in [0.717, 1.165) is 11.4 Å². The van der Waals surface area contributed by atoms with Crippen molar-refractivity contribution in [3.8, 4) is 0 Å². The Labute approximate surface area is 183 Å². The number of rotatable bonds is 8. The lowest BCUT2D eigenvalue weighted by Crippen LogP contribution is -2.07. The summed E-state index contributed by atoms with van der Waals surface area (Å²) in [6, 6.07) is 25.2. The number of para-hydroxylation sites is 3. The fourth-order valence-electron chi connectivity index (χ4n) is 2.76. The predicted octanol–water partition coefficient (Wildman–Crippen LogP) is 4.71. The largest absolute Gasteiger partial charge is 0.324 e. The molecular weight excluding hydrogens is 408 g/mol. The Morgan fingerprint density at radius 3 is 1.78 bits per heavy atom. The fourth-order valence-corrected chi connectivity index (χ4v) is 2.76. The number of anilines is 5. The maximum Gasteiger partial charge on any atom is 0.278 e. The van der Waals surface area contributed by atoms with Crippen LogP contribution in [0.5, 0.6) is 0 Å². The Hall–Kier alpha value is -4.86. The maximum atomic E-state index is 11.2. The van der Waals surface area contributed by atoms with Crippen molar-refractivity contribution in [3.05, 3.63) is 101 Å². The van der Waals surface area contributed by atoms with Gasteiger partial charge in [-0.25, -0.2) is 5.43 Å². The molecule has 1 heterocycles. The number of hydrogen-bond acceptors (Lipinski definition) is 9. The molecule has 4 rings (SSSR count). The van der Waals surface area contributed by atoms with Crippen molar-refractivity contribution < 1.29 is 4.92 Å². The third-order valence-electron chi connectivity index (χ3n) is 4.20. The molecule has 3 aromatic carbocycles. The van der Waals surface area contributed by atoms with Crippen LogP contribution in [0.15, 0.2) is 90.0 Å². The lowest BCUT2D eigenvalue weighted by atomic mass is 10.2. The number of hydrazone groups is 1. The van der Waals surface area contributed by atoms with Gasteiger partial charge in [-0.15, -0.1) is 0 Å². The highest BCUT2D eigenvalue weighted by Gasteiger charge is 2.11. The molecule has 10 heteroatoms. The van der Waals surface area contributed by atoms with Gasteiger partial charge in [0.2, 0.25) is 17.8 Å². The van der Waals surface area contributed by atoms with E-state index in [1.54, 1.807) is 18.2 Å². The van der Waals surface area contributed by atoms with Crippen molar-refractivity contribution in [2.24, 2.45) is 5.10 Å². The van der Waals surface area contributed by atoms with Crippen LogP contribution in [0.25, 0.3) is 0 Å². The summed E-state index contributed by atoms with van der Waals surface area (Å²) in [6.07, 6.45) is 1.34. The van der Waals surface area contributed by atoms with Gasteiger partial charge in [-0.05, 0) is 30.3 Å². The summed E-state index contributed by atoms with van der Waals surface area (Å²) >= 11 is 0. The van der Waals surface area contributed by atoms with Crippen LogP contribution in [0.3, 0.4) is 0 Å². The summed E-state index contributed by atoms with van der Waals surface area (Å²) < 4.78 is 0. The predicted molar refractivity (Wildman–Crippen MR) is 124 cm³/mol. The average molecular weight is 426 g/mol. The topological polar surface area (TPSA) is 130 Å². The van der Waals surface area contributed by atoms with Crippen LogP contribution in [0.1, 0.15) is 5.56 Å². The molecule has 0 radical (unpaired) electrons. The zero-order valence-corrected chi connectivity index (χ0v) is 16.7. The summed E-state index contributed by atoms with van der Waals surface area (Å²) in [5, 5.41) is 21.5. The van der Waals surface area contributed by atoms with E-state index in [-0.39, 0.29) is 11.6 Å². The van der Waals surface area contributed by atoms with Crippen molar-refractivity contribution in [1.82, 2.24) is 15.0 Å². The van der Waals surface area contributed by atoms with Crippen molar-refractivity contribution in [2.75, 3.05) is 16.1 Å². The van der Waals surface area contributed by atoms with E-state index >= 15 is 0 Å². The summed E-state index contributed by atoms with van der Waals surface area (Å²) in [4.78, 5) is 23.8. The van der Waals surface area contributed by atoms with Crippen LogP contribution in [0.2, 0.25) is 0 Å². The molecule has 0 aliphatic heterocycles. The SMILES string of the molecule is O=[N+]([O-])c1ccccc1C=NNc1nc(Nc2ccccc2)nc(Nc2ccccc2)n1. The van der Waals surface area contributed by atoms with Gasteiger partial charge in [0.05, 0.1) is 16.7 Å². The van der Waals surface area contributed by atoms with Gasteiger partial charge in [0.25, 0.3) is 5.69 Å². The van der Waals surface area contributed by atoms with Gasteiger partial charge in [0, 0.05) is 17.4 Å². The van der Waals surface area contributed by atoms with Gasteiger partial charge in [-0.3, -0.25) is 10.1 Å². The number of nitro benzene ring substituents is 1. The highest BCUT2D eigenvalue weighted by atomic mass is 16.6. The Bertz CT molecular complexity index is 1170. The number of hydrogen-bond donors (Lipinski definition) is 3. The van der Waals surface area contributed by atoms with E-state index in [9.17, 15) is 10.1 Å². The molecule has 10 nitrogen and oxygen atoms in total. The minimum atomic E-state index is -0.464. The molecule has 0 bridgehead atoms. The molecule has 0 saturated carbocycles. The molecule has 0 atom stereocenters. The van der Waals surface area contributed by atoms with Crippen molar-refractivity contribution >= 4 is 41.1 Å². The van der Waals surface area contributed by atoms with Gasteiger partial charge in [-0.1, -0.05) is 48.5 Å². The number of nitrogens with zero attached hydrogens (tertiary/aromatic N) is 5. The molecule has 3 N–H and O–H groups in total. The number of aromatic nitrogens is 3. The first kappa shape index (κ1) is 20.4. The zero-order valence-electron chi connectivity index (χ0n) is 16.7. The molecule has 0 unspecified atom stereocenters. The first-order valence-electron chi connectivity index (χ1n) is 9.60. The minimum Gasteiger partial charge on any atom is -0.324 e. The molecule has 4 aromatic rings. The van der Waals surface area contributed by atoms with E-state index in [1.807, 2.05) is 60.7 Å². The lowest BCUT2D eigenvalue weighted by molar-refractivity contribution is -0.385. The molecule has 0 spiro atoms. The molecule has 0 amide bonds. The summed E-state index contributed by atoms with van der Waals surface area (Å²) in [6.45, 7) is 0. The van der Waals surface area contributed by atoms with Crippen LogP contribution >= 0.6 is 0 Å². The van der Waals surface area contributed by atoms with E-state index in [2.05, 4.69) is 36.1 Å². The smallest absolute Gasteiger partial charge is 0.278 e. The second-order valence-electron chi connectivity index (χ2n) is 6.47. The molecule has 158 valence electrons. The molecule has 0 saturated heterocycles. The number of benzene rings is 3. The van der Waals surface area contributed by atoms with Crippen molar-refractivity contribution in [1.29, 1.82) is 0 Å². The molecule has 0 aliphatic carbocycles. The number of nitrogens with one attached hydrogen (secondary N) is 3. The van der Waals surface area contributed by atoms with Gasteiger partial charge < -0.3 is 10.6 Å². The van der Waals surface area contributed by atoms with Gasteiger partial charge >= 0.3 is 0 Å². The second kappa shape index (κ2) is 9.76. The first-order valence-corrected chi connectivity index (χ1v) is 9.60. The van der Waals surface area contributed by atoms with E-state index in [0.29, 0.717) is 17.5 Å². The van der Waals surface area contributed by atoms with Crippen LogP contribution in [-0.4, -0.2) is 26.1 Å². The van der Waals surface area contributed by atoms with E-state index in [1.165, 1.54) is 12.3 Å². The van der Waals surface area contributed by atoms with Crippen molar-refractivity contribution in [3.63, 3.8) is 0 Å². The van der Waals surface area contributed by atoms with Crippen LogP contribution in [-0.2, 0) is 0 Å². The van der Waals surface area contributed by atoms with E-state index in [4.69, 9.17) is 0 Å².